The van der Waals surface area contributed by atoms with Crippen LogP contribution in [0.5, 0.6) is 0 Å². The van der Waals surface area contributed by atoms with Gasteiger partial charge in [0.15, 0.2) is 0 Å². The molecule has 2 saturated heterocycles. The van der Waals surface area contributed by atoms with Crippen LogP contribution in [0.25, 0.3) is 0 Å². The van der Waals surface area contributed by atoms with Gasteiger partial charge in [-0.1, -0.05) is 6.92 Å². The van der Waals surface area contributed by atoms with Gasteiger partial charge in [0.2, 0.25) is 0 Å². The number of rotatable bonds is 3. The number of benzene rings is 1. The molecule has 0 bridgehead atoms. The first-order chi connectivity index (χ1) is 9.65. The quantitative estimate of drug-likeness (QED) is 0.911. The minimum atomic E-state index is -0.158. The normalized spacial score (nSPS) is 28.0. The summed E-state index contributed by atoms with van der Waals surface area (Å²) in [6, 6.07) is 6.86. The van der Waals surface area contributed by atoms with Gasteiger partial charge in [0.1, 0.15) is 5.82 Å². The lowest BCUT2D eigenvalue weighted by atomic mass is 9.89. The van der Waals surface area contributed by atoms with Crippen LogP contribution in [-0.4, -0.2) is 50.7 Å². The molecule has 0 saturated carbocycles. The third kappa shape index (κ3) is 3.13. The maximum Gasteiger partial charge on any atom is 0.123 e. The van der Waals surface area contributed by atoms with Gasteiger partial charge in [-0.15, -0.1) is 0 Å². The number of hydrogen-bond acceptors (Lipinski definition) is 3. The third-order valence-electron chi connectivity index (χ3n) is 4.63. The van der Waals surface area contributed by atoms with E-state index in [0.717, 1.165) is 45.0 Å². The topological polar surface area (TPSA) is 18.5 Å². The largest absolute Gasteiger partial charge is 0.369 e. The average Bonchev–Trinajstić information content (AvgIpc) is 2.87. The molecular weight excluding hydrogens is 253 g/mol. The molecule has 1 N–H and O–H groups in total. The van der Waals surface area contributed by atoms with E-state index in [1.807, 2.05) is 12.1 Å². The summed E-state index contributed by atoms with van der Waals surface area (Å²) in [5, 5.41) is 3.47. The highest BCUT2D eigenvalue weighted by Gasteiger charge is 2.31. The van der Waals surface area contributed by atoms with Crippen molar-refractivity contribution in [3.63, 3.8) is 0 Å². The molecule has 2 aliphatic heterocycles. The highest BCUT2D eigenvalue weighted by atomic mass is 19.1. The van der Waals surface area contributed by atoms with Crippen LogP contribution in [-0.2, 0) is 0 Å². The molecule has 0 amide bonds. The van der Waals surface area contributed by atoms with Gasteiger partial charge >= 0.3 is 0 Å². The lowest BCUT2D eigenvalue weighted by Crippen LogP contribution is -2.49. The van der Waals surface area contributed by atoms with Gasteiger partial charge in [0, 0.05) is 45.0 Å². The van der Waals surface area contributed by atoms with Crippen LogP contribution in [0.3, 0.4) is 0 Å². The standard InChI is InChI=1S/C16H24FN3/c1-16(6-7-18-12-16)13-19-8-10-20(11-9-19)15-4-2-14(17)3-5-15/h2-5,18H,6-13H2,1H3. The molecule has 1 aromatic carbocycles. The van der Waals surface area contributed by atoms with Gasteiger partial charge in [0.25, 0.3) is 0 Å². The Morgan fingerprint density at radius 1 is 1.15 bits per heavy atom. The molecule has 0 spiro atoms. The second-order valence-electron chi connectivity index (χ2n) is 6.48. The molecule has 0 aromatic heterocycles. The summed E-state index contributed by atoms with van der Waals surface area (Å²) in [4.78, 5) is 4.93. The van der Waals surface area contributed by atoms with E-state index in [0.29, 0.717) is 5.41 Å². The highest BCUT2D eigenvalue weighted by molar-refractivity contribution is 5.46. The molecule has 3 nitrogen and oxygen atoms in total. The lowest BCUT2D eigenvalue weighted by molar-refractivity contribution is 0.169. The Balaban J connectivity index is 1.53. The van der Waals surface area contributed by atoms with E-state index in [1.54, 1.807) is 12.1 Å². The fraction of sp³-hybridized carbons (Fsp3) is 0.625. The van der Waals surface area contributed by atoms with Gasteiger partial charge in [-0.2, -0.15) is 0 Å². The number of hydrogen-bond donors (Lipinski definition) is 1. The monoisotopic (exact) mass is 277 g/mol. The molecule has 1 aromatic rings. The lowest BCUT2D eigenvalue weighted by Gasteiger charge is -2.39. The Kier molecular flexibility index (Phi) is 3.94. The molecule has 2 fully saturated rings. The van der Waals surface area contributed by atoms with Crippen molar-refractivity contribution < 1.29 is 4.39 Å². The Labute approximate surface area is 120 Å². The second kappa shape index (κ2) is 5.70. The van der Waals surface area contributed by atoms with E-state index in [9.17, 15) is 4.39 Å². The SMILES string of the molecule is CC1(CN2CCN(c3ccc(F)cc3)CC2)CCNC1. The van der Waals surface area contributed by atoms with Crippen molar-refractivity contribution in [2.24, 2.45) is 5.41 Å². The van der Waals surface area contributed by atoms with Crippen molar-refractivity contribution in [2.75, 3.05) is 50.7 Å². The summed E-state index contributed by atoms with van der Waals surface area (Å²) < 4.78 is 13.0. The molecule has 110 valence electrons. The fourth-order valence-corrected chi connectivity index (χ4v) is 3.36. The minimum absolute atomic E-state index is 0.158. The average molecular weight is 277 g/mol. The van der Waals surface area contributed by atoms with Gasteiger partial charge in [-0.05, 0) is 42.6 Å². The molecule has 4 heteroatoms. The van der Waals surface area contributed by atoms with Gasteiger partial charge in [0.05, 0.1) is 0 Å². The van der Waals surface area contributed by atoms with Crippen LogP contribution < -0.4 is 10.2 Å². The Morgan fingerprint density at radius 3 is 2.45 bits per heavy atom. The first-order valence-electron chi connectivity index (χ1n) is 7.58. The molecule has 1 atom stereocenters. The smallest absolute Gasteiger partial charge is 0.123 e. The maximum absolute atomic E-state index is 13.0. The summed E-state index contributed by atoms with van der Waals surface area (Å²) in [6.07, 6.45) is 1.28. The zero-order chi connectivity index (χ0) is 14.0. The predicted molar refractivity (Wildman–Crippen MR) is 80.6 cm³/mol. The number of nitrogens with zero attached hydrogens (tertiary/aromatic N) is 2. The highest BCUT2D eigenvalue weighted by Crippen LogP contribution is 2.26. The van der Waals surface area contributed by atoms with Gasteiger partial charge in [-0.3, -0.25) is 4.90 Å². The fourth-order valence-electron chi connectivity index (χ4n) is 3.36. The molecule has 20 heavy (non-hydrogen) atoms. The number of halogens is 1. The minimum Gasteiger partial charge on any atom is -0.369 e. The Hall–Kier alpha value is -1.13. The summed E-state index contributed by atoms with van der Waals surface area (Å²) >= 11 is 0. The zero-order valence-corrected chi connectivity index (χ0v) is 12.2. The predicted octanol–water partition coefficient (Wildman–Crippen LogP) is 1.95. The van der Waals surface area contributed by atoms with Gasteiger partial charge in [-0.25, -0.2) is 4.39 Å². The Bertz CT molecular complexity index is 432. The molecule has 3 rings (SSSR count). The molecule has 2 aliphatic rings. The van der Waals surface area contributed by atoms with E-state index < -0.39 is 0 Å². The first kappa shape index (κ1) is 13.8. The maximum atomic E-state index is 13.0. The molecular formula is C16H24FN3. The van der Waals surface area contributed by atoms with E-state index in [1.165, 1.54) is 13.0 Å². The van der Waals surface area contributed by atoms with Crippen molar-refractivity contribution in [3.05, 3.63) is 30.1 Å². The van der Waals surface area contributed by atoms with Crippen LogP contribution in [0.4, 0.5) is 10.1 Å². The van der Waals surface area contributed by atoms with Crippen molar-refractivity contribution in [2.45, 2.75) is 13.3 Å². The summed E-state index contributed by atoms with van der Waals surface area (Å²) in [6.45, 7) is 10.2. The van der Waals surface area contributed by atoms with Crippen LogP contribution in [0.15, 0.2) is 24.3 Å². The summed E-state index contributed by atoms with van der Waals surface area (Å²) in [5.41, 5.74) is 1.58. The molecule has 0 aliphatic carbocycles. The molecule has 0 radical (unpaired) electrons. The van der Waals surface area contributed by atoms with Crippen molar-refractivity contribution in [1.29, 1.82) is 0 Å². The zero-order valence-electron chi connectivity index (χ0n) is 12.2. The summed E-state index contributed by atoms with van der Waals surface area (Å²) in [5.74, 6) is -0.158. The van der Waals surface area contributed by atoms with Crippen LogP contribution >= 0.6 is 0 Å². The van der Waals surface area contributed by atoms with E-state index in [4.69, 9.17) is 0 Å². The van der Waals surface area contributed by atoms with Crippen molar-refractivity contribution >= 4 is 5.69 Å². The van der Waals surface area contributed by atoms with Crippen LogP contribution in [0, 0.1) is 11.2 Å². The summed E-state index contributed by atoms with van der Waals surface area (Å²) in [7, 11) is 0. The van der Waals surface area contributed by atoms with E-state index in [-0.39, 0.29) is 5.82 Å². The van der Waals surface area contributed by atoms with E-state index >= 15 is 0 Å². The van der Waals surface area contributed by atoms with E-state index in [2.05, 4.69) is 22.0 Å². The molecule has 2 heterocycles. The number of piperazine rings is 1. The first-order valence-corrected chi connectivity index (χ1v) is 7.58. The van der Waals surface area contributed by atoms with Crippen molar-refractivity contribution in [3.8, 4) is 0 Å². The second-order valence-corrected chi connectivity index (χ2v) is 6.48. The van der Waals surface area contributed by atoms with Gasteiger partial charge < -0.3 is 10.2 Å². The van der Waals surface area contributed by atoms with Crippen LogP contribution in [0.1, 0.15) is 13.3 Å². The number of anilines is 1. The van der Waals surface area contributed by atoms with Crippen molar-refractivity contribution in [1.82, 2.24) is 10.2 Å². The van der Waals surface area contributed by atoms with Crippen LogP contribution in [0.2, 0.25) is 0 Å². The molecule has 1 unspecified atom stereocenters. The third-order valence-corrected chi connectivity index (χ3v) is 4.63. The Morgan fingerprint density at radius 2 is 1.85 bits per heavy atom. The number of nitrogens with one attached hydrogen (secondary N) is 1.